The molecule has 126 valence electrons. The molecule has 0 aromatic carbocycles. The summed E-state index contributed by atoms with van der Waals surface area (Å²) in [5.74, 6) is -0.224. The van der Waals surface area contributed by atoms with Crippen LogP contribution in [0.2, 0.25) is 0 Å². The molecule has 0 fully saturated rings. The minimum atomic E-state index is -0.439. The smallest absolute Gasteiger partial charge is 0.223 e. The van der Waals surface area contributed by atoms with Crippen LogP contribution in [0.4, 0.5) is 0 Å². The van der Waals surface area contributed by atoms with Gasteiger partial charge < -0.3 is 24.4 Å². The van der Waals surface area contributed by atoms with Crippen molar-refractivity contribution in [3.63, 3.8) is 0 Å². The van der Waals surface area contributed by atoms with Crippen molar-refractivity contribution in [3.05, 3.63) is 27.7 Å². The fourth-order valence-corrected chi connectivity index (χ4v) is 2.44. The maximum Gasteiger partial charge on any atom is 0.223 e. The molecular formula is C16H28N2O4. The fraction of sp³-hybridized carbons (Fsp3) is 0.688. The Morgan fingerprint density at radius 2 is 2.09 bits per heavy atom. The van der Waals surface area contributed by atoms with Crippen molar-refractivity contribution in [1.82, 2.24) is 9.47 Å². The van der Waals surface area contributed by atoms with E-state index in [-0.39, 0.29) is 12.4 Å². The minimum Gasteiger partial charge on any atom is -0.503 e. The first-order valence-electron chi connectivity index (χ1n) is 7.78. The van der Waals surface area contributed by atoms with Crippen molar-refractivity contribution in [3.8, 4) is 5.75 Å². The summed E-state index contributed by atoms with van der Waals surface area (Å²) >= 11 is 0. The van der Waals surface area contributed by atoms with Gasteiger partial charge in [0.2, 0.25) is 5.43 Å². The molecule has 1 aromatic heterocycles. The number of hydrogen-bond donors (Lipinski definition) is 2. The van der Waals surface area contributed by atoms with Crippen LogP contribution in [-0.4, -0.2) is 47.0 Å². The summed E-state index contributed by atoms with van der Waals surface area (Å²) in [6, 6.07) is 1.30. The summed E-state index contributed by atoms with van der Waals surface area (Å²) in [6.07, 6.45) is 2.90. The van der Waals surface area contributed by atoms with E-state index >= 15 is 0 Å². The molecule has 0 spiro atoms. The van der Waals surface area contributed by atoms with Crippen LogP contribution in [0.5, 0.6) is 5.75 Å². The van der Waals surface area contributed by atoms with Crippen LogP contribution in [0.3, 0.4) is 0 Å². The minimum absolute atomic E-state index is 0.224. The normalized spacial score (nSPS) is 11.3. The van der Waals surface area contributed by atoms with Gasteiger partial charge in [0, 0.05) is 38.6 Å². The number of unbranched alkanes of at least 4 members (excludes halogenated alkanes) is 1. The van der Waals surface area contributed by atoms with Gasteiger partial charge >= 0.3 is 0 Å². The lowest BCUT2D eigenvalue weighted by Gasteiger charge is -2.23. The van der Waals surface area contributed by atoms with Gasteiger partial charge in [0.05, 0.1) is 12.3 Å². The van der Waals surface area contributed by atoms with E-state index in [9.17, 15) is 15.0 Å². The summed E-state index contributed by atoms with van der Waals surface area (Å²) in [5, 5.41) is 19.7. The lowest BCUT2D eigenvalue weighted by atomic mass is 10.2. The first kappa shape index (κ1) is 18.7. The largest absolute Gasteiger partial charge is 0.503 e. The molecule has 1 aromatic rings. The quantitative estimate of drug-likeness (QED) is 0.637. The van der Waals surface area contributed by atoms with E-state index in [1.165, 1.54) is 6.07 Å². The Labute approximate surface area is 131 Å². The topological polar surface area (TPSA) is 74.9 Å². The lowest BCUT2D eigenvalue weighted by Crippen LogP contribution is -2.26. The Morgan fingerprint density at radius 3 is 2.68 bits per heavy atom. The van der Waals surface area contributed by atoms with E-state index in [0.717, 1.165) is 25.8 Å². The third kappa shape index (κ3) is 5.12. The Bertz CT molecular complexity index is 514. The van der Waals surface area contributed by atoms with Gasteiger partial charge in [-0.2, -0.15) is 0 Å². The Morgan fingerprint density at radius 1 is 1.36 bits per heavy atom. The van der Waals surface area contributed by atoms with E-state index in [4.69, 9.17) is 4.74 Å². The van der Waals surface area contributed by atoms with E-state index in [1.807, 2.05) is 11.6 Å². The summed E-state index contributed by atoms with van der Waals surface area (Å²) in [6.45, 7) is 4.44. The number of aliphatic hydroxyl groups excluding tert-OH is 1. The van der Waals surface area contributed by atoms with Crippen LogP contribution in [0, 0.1) is 0 Å². The number of pyridine rings is 1. The summed E-state index contributed by atoms with van der Waals surface area (Å²) in [7, 11) is 3.60. The molecule has 0 saturated heterocycles. The molecule has 0 aliphatic carbocycles. The molecule has 0 atom stereocenters. The number of methoxy groups -OCH3 is 1. The third-order valence-corrected chi connectivity index (χ3v) is 3.68. The van der Waals surface area contributed by atoms with E-state index in [0.29, 0.717) is 31.1 Å². The van der Waals surface area contributed by atoms with Crippen molar-refractivity contribution in [2.75, 3.05) is 27.3 Å². The number of aromatic nitrogens is 1. The van der Waals surface area contributed by atoms with Crippen molar-refractivity contribution < 1.29 is 14.9 Å². The number of nitrogens with zero attached hydrogens (tertiary/aromatic N) is 2. The first-order chi connectivity index (χ1) is 10.5. The van der Waals surface area contributed by atoms with Gasteiger partial charge in [-0.05, 0) is 26.4 Å². The highest BCUT2D eigenvalue weighted by Crippen LogP contribution is 2.18. The molecule has 0 unspecified atom stereocenters. The van der Waals surface area contributed by atoms with Crippen molar-refractivity contribution in [2.45, 2.75) is 45.9 Å². The van der Waals surface area contributed by atoms with E-state index in [2.05, 4.69) is 11.8 Å². The van der Waals surface area contributed by atoms with E-state index in [1.54, 1.807) is 7.11 Å². The molecule has 1 heterocycles. The third-order valence-electron chi connectivity index (χ3n) is 3.68. The van der Waals surface area contributed by atoms with Crippen LogP contribution in [0.25, 0.3) is 0 Å². The van der Waals surface area contributed by atoms with Gasteiger partial charge in [0.1, 0.15) is 0 Å². The first-order valence-corrected chi connectivity index (χ1v) is 7.78. The maximum absolute atomic E-state index is 11.9. The summed E-state index contributed by atoms with van der Waals surface area (Å²) in [5.41, 5.74) is 0.648. The van der Waals surface area contributed by atoms with Crippen molar-refractivity contribution in [2.24, 2.45) is 0 Å². The van der Waals surface area contributed by atoms with Gasteiger partial charge in [-0.25, -0.2) is 0 Å². The van der Waals surface area contributed by atoms with Crippen molar-refractivity contribution >= 4 is 0 Å². The highest BCUT2D eigenvalue weighted by molar-refractivity contribution is 5.30. The zero-order chi connectivity index (χ0) is 16.5. The van der Waals surface area contributed by atoms with Gasteiger partial charge in [0.15, 0.2) is 5.75 Å². The molecule has 2 N–H and O–H groups in total. The molecule has 6 heteroatoms. The van der Waals surface area contributed by atoms with Gasteiger partial charge in [-0.3, -0.25) is 4.79 Å². The summed E-state index contributed by atoms with van der Waals surface area (Å²) < 4.78 is 6.89. The highest BCUT2D eigenvalue weighted by atomic mass is 16.5. The Kier molecular flexibility index (Phi) is 8.16. The summed E-state index contributed by atoms with van der Waals surface area (Å²) in [4.78, 5) is 14.0. The fourth-order valence-electron chi connectivity index (χ4n) is 2.44. The zero-order valence-electron chi connectivity index (χ0n) is 13.8. The number of hydrogen-bond acceptors (Lipinski definition) is 5. The zero-order valence-corrected chi connectivity index (χ0v) is 13.8. The highest BCUT2D eigenvalue weighted by Gasteiger charge is 2.16. The molecule has 0 aliphatic rings. The van der Waals surface area contributed by atoms with Gasteiger partial charge in [-0.15, -0.1) is 0 Å². The molecule has 0 amide bonds. The molecule has 1 rings (SSSR count). The Hall–Kier alpha value is -1.37. The SMILES string of the molecule is CCCCN(C)Cc1c(O)c(=O)cc(CO)n1CCCOC. The predicted octanol–water partition coefficient (Wildman–Crippen LogP) is 1.31. The number of ether oxygens (including phenoxy) is 1. The average molecular weight is 312 g/mol. The predicted molar refractivity (Wildman–Crippen MR) is 86.0 cm³/mol. The number of aromatic hydroxyl groups is 1. The average Bonchev–Trinajstić information content (AvgIpc) is 2.51. The van der Waals surface area contributed by atoms with Crippen LogP contribution in [-0.2, 0) is 24.4 Å². The van der Waals surface area contributed by atoms with Crippen LogP contribution in [0.15, 0.2) is 10.9 Å². The monoisotopic (exact) mass is 312 g/mol. The van der Waals surface area contributed by atoms with Crippen molar-refractivity contribution in [1.29, 1.82) is 0 Å². The molecule has 22 heavy (non-hydrogen) atoms. The number of rotatable bonds is 10. The molecule has 0 radical (unpaired) electrons. The van der Waals surface area contributed by atoms with Crippen LogP contribution >= 0.6 is 0 Å². The molecular weight excluding hydrogens is 284 g/mol. The van der Waals surface area contributed by atoms with E-state index < -0.39 is 5.43 Å². The lowest BCUT2D eigenvalue weighted by molar-refractivity contribution is 0.187. The van der Waals surface area contributed by atoms with Gasteiger partial charge in [-0.1, -0.05) is 13.3 Å². The molecule has 0 bridgehead atoms. The molecule has 6 nitrogen and oxygen atoms in total. The van der Waals surface area contributed by atoms with Crippen LogP contribution < -0.4 is 5.43 Å². The van der Waals surface area contributed by atoms with Gasteiger partial charge in [0.25, 0.3) is 0 Å². The maximum atomic E-state index is 11.9. The Balaban J connectivity index is 3.08. The second-order valence-electron chi connectivity index (χ2n) is 5.54. The second kappa shape index (κ2) is 9.61. The second-order valence-corrected chi connectivity index (χ2v) is 5.54. The standard InChI is InChI=1S/C16H28N2O4/c1-4-5-7-17(2)11-14-16(21)15(20)10-13(12-19)18(14)8-6-9-22-3/h10,19,21H,4-9,11-12H2,1-3H3. The molecule has 0 saturated carbocycles. The number of aliphatic hydroxyl groups is 1. The van der Waals surface area contributed by atoms with Crippen LogP contribution in [0.1, 0.15) is 37.6 Å². The molecule has 0 aliphatic heterocycles.